The van der Waals surface area contributed by atoms with E-state index < -0.39 is 12.1 Å². The van der Waals surface area contributed by atoms with Crippen LogP contribution in [0.15, 0.2) is 54.1 Å². The Balaban J connectivity index is 2.03. The summed E-state index contributed by atoms with van der Waals surface area (Å²) in [5.74, 6) is -0.470. The molecule has 4 heteroatoms. The van der Waals surface area contributed by atoms with Crippen molar-refractivity contribution in [2.75, 3.05) is 0 Å². The number of halogens is 1. The Morgan fingerprint density at radius 1 is 1.45 bits per heavy atom. The third-order valence-electron chi connectivity index (χ3n) is 3.58. The van der Waals surface area contributed by atoms with Crippen molar-refractivity contribution in [1.29, 1.82) is 0 Å². The molecule has 1 aliphatic carbocycles. The number of ketones is 1. The summed E-state index contributed by atoms with van der Waals surface area (Å²) in [7, 11) is 0. The van der Waals surface area contributed by atoms with Crippen LogP contribution in [0.25, 0.3) is 6.08 Å². The molecule has 0 aromatic heterocycles. The average molecular weight is 317 g/mol. The molecular formula is C18H17ClO3. The van der Waals surface area contributed by atoms with Gasteiger partial charge >= 0.3 is 5.97 Å². The first-order valence-electron chi connectivity index (χ1n) is 7.00. The molecule has 0 fully saturated rings. The molecule has 0 amide bonds. The summed E-state index contributed by atoms with van der Waals surface area (Å²) >= 11 is 6.01. The lowest BCUT2D eigenvalue weighted by Crippen LogP contribution is -2.16. The topological polar surface area (TPSA) is 43.4 Å². The summed E-state index contributed by atoms with van der Waals surface area (Å²) in [4.78, 5) is 23.8. The maximum atomic E-state index is 11.9. The third kappa shape index (κ3) is 3.74. The van der Waals surface area contributed by atoms with Crippen LogP contribution in [0.2, 0.25) is 5.02 Å². The van der Waals surface area contributed by atoms with E-state index in [0.29, 0.717) is 17.0 Å². The summed E-state index contributed by atoms with van der Waals surface area (Å²) in [6.45, 7) is 5.45. The summed E-state index contributed by atoms with van der Waals surface area (Å²) < 4.78 is 5.35. The van der Waals surface area contributed by atoms with E-state index in [4.69, 9.17) is 16.3 Å². The number of hydrogen-bond acceptors (Lipinski definition) is 3. The van der Waals surface area contributed by atoms with E-state index in [-0.39, 0.29) is 12.2 Å². The van der Waals surface area contributed by atoms with Crippen molar-refractivity contribution < 1.29 is 14.3 Å². The second-order valence-electron chi connectivity index (χ2n) is 5.06. The van der Waals surface area contributed by atoms with E-state index in [1.165, 1.54) is 6.08 Å². The standard InChI is InChI=1S/C18H17ClO3/c1-3-6-14-12(2)17(11-16(14)20)22-18(21)10-9-13-7-4-5-8-15(13)19/h3-5,7-10,17H,1,6,11H2,2H3/b10-9-/t17-/m1/s1. The zero-order valence-corrected chi connectivity index (χ0v) is 13.1. The average Bonchev–Trinajstić information content (AvgIpc) is 2.74. The predicted molar refractivity (Wildman–Crippen MR) is 87.5 cm³/mol. The number of esters is 1. The van der Waals surface area contributed by atoms with Gasteiger partial charge in [0.15, 0.2) is 5.78 Å². The molecule has 2 rings (SSSR count). The van der Waals surface area contributed by atoms with Crippen LogP contribution in [0.1, 0.15) is 25.3 Å². The van der Waals surface area contributed by atoms with Crippen LogP contribution < -0.4 is 0 Å². The molecule has 0 heterocycles. The molecule has 0 N–H and O–H groups in total. The molecule has 1 aromatic carbocycles. The zero-order valence-electron chi connectivity index (χ0n) is 12.3. The van der Waals surface area contributed by atoms with Crippen molar-refractivity contribution in [3.63, 3.8) is 0 Å². The highest BCUT2D eigenvalue weighted by Crippen LogP contribution is 2.28. The first-order valence-corrected chi connectivity index (χ1v) is 7.37. The summed E-state index contributed by atoms with van der Waals surface area (Å²) in [6, 6.07) is 7.20. The van der Waals surface area contributed by atoms with Gasteiger partial charge in [0, 0.05) is 16.7 Å². The molecule has 0 aliphatic heterocycles. The van der Waals surface area contributed by atoms with Gasteiger partial charge in [0.05, 0.1) is 6.42 Å². The molecule has 0 saturated carbocycles. The van der Waals surface area contributed by atoms with Crippen molar-refractivity contribution in [2.24, 2.45) is 0 Å². The first-order chi connectivity index (χ1) is 10.5. The third-order valence-corrected chi connectivity index (χ3v) is 3.92. The highest BCUT2D eigenvalue weighted by atomic mass is 35.5. The lowest BCUT2D eigenvalue weighted by Gasteiger charge is -2.11. The van der Waals surface area contributed by atoms with Gasteiger partial charge in [-0.15, -0.1) is 6.58 Å². The van der Waals surface area contributed by atoms with Crippen LogP contribution in [-0.4, -0.2) is 17.9 Å². The monoisotopic (exact) mass is 316 g/mol. The first kappa shape index (κ1) is 16.2. The maximum absolute atomic E-state index is 11.9. The van der Waals surface area contributed by atoms with E-state index in [9.17, 15) is 9.59 Å². The number of benzene rings is 1. The summed E-state index contributed by atoms with van der Waals surface area (Å²) in [5.41, 5.74) is 2.25. The smallest absolute Gasteiger partial charge is 0.331 e. The van der Waals surface area contributed by atoms with Crippen molar-refractivity contribution in [3.05, 3.63) is 64.7 Å². The van der Waals surface area contributed by atoms with Gasteiger partial charge in [-0.1, -0.05) is 35.9 Å². The molecule has 0 spiro atoms. The van der Waals surface area contributed by atoms with Gasteiger partial charge in [-0.2, -0.15) is 0 Å². The Hall–Kier alpha value is -2.13. The Morgan fingerprint density at radius 3 is 2.86 bits per heavy atom. The van der Waals surface area contributed by atoms with Gasteiger partial charge in [-0.25, -0.2) is 4.79 Å². The number of hydrogen-bond donors (Lipinski definition) is 0. The van der Waals surface area contributed by atoms with E-state index in [2.05, 4.69) is 6.58 Å². The highest BCUT2D eigenvalue weighted by molar-refractivity contribution is 6.32. The molecule has 1 atom stereocenters. The zero-order chi connectivity index (χ0) is 16.1. The normalized spacial score (nSPS) is 18.1. The fourth-order valence-electron chi connectivity index (χ4n) is 2.36. The fourth-order valence-corrected chi connectivity index (χ4v) is 2.55. The van der Waals surface area contributed by atoms with Gasteiger partial charge in [-0.3, -0.25) is 4.79 Å². The van der Waals surface area contributed by atoms with Crippen molar-refractivity contribution in [2.45, 2.75) is 25.9 Å². The van der Waals surface area contributed by atoms with Gasteiger partial charge in [0.25, 0.3) is 0 Å². The molecule has 1 aromatic rings. The fraction of sp³-hybridized carbons (Fsp3) is 0.222. The molecule has 114 valence electrons. The predicted octanol–water partition coefficient (Wildman–Crippen LogP) is 4.13. The molecule has 0 radical (unpaired) electrons. The van der Waals surface area contributed by atoms with Gasteiger partial charge < -0.3 is 4.74 Å². The van der Waals surface area contributed by atoms with Crippen LogP contribution >= 0.6 is 11.6 Å². The Morgan fingerprint density at radius 2 is 2.18 bits per heavy atom. The number of rotatable bonds is 5. The number of carbonyl (C=O) groups excluding carboxylic acids is 2. The Kier molecular flexibility index (Phi) is 5.34. The van der Waals surface area contributed by atoms with Crippen LogP contribution in [0.4, 0.5) is 0 Å². The van der Waals surface area contributed by atoms with Gasteiger partial charge in [0.2, 0.25) is 0 Å². The Labute approximate surface area is 134 Å². The minimum absolute atomic E-state index is 0.0188. The van der Waals surface area contributed by atoms with Crippen molar-refractivity contribution >= 4 is 29.4 Å². The molecular weight excluding hydrogens is 300 g/mol. The number of allylic oxidation sites excluding steroid dienone is 2. The lowest BCUT2D eigenvalue weighted by molar-refractivity contribution is -0.141. The summed E-state index contributed by atoms with van der Waals surface area (Å²) in [6.07, 6.45) is 4.84. The van der Waals surface area contributed by atoms with Gasteiger partial charge in [0.1, 0.15) is 6.10 Å². The summed E-state index contributed by atoms with van der Waals surface area (Å²) in [5, 5.41) is 0.562. The van der Waals surface area contributed by atoms with E-state index in [1.54, 1.807) is 24.3 Å². The van der Waals surface area contributed by atoms with Crippen LogP contribution in [0.5, 0.6) is 0 Å². The second kappa shape index (κ2) is 7.23. The molecule has 1 aliphatic rings. The number of Topliss-reactive ketones (excluding diaryl/α,β-unsaturated/α-hetero) is 1. The van der Waals surface area contributed by atoms with E-state index in [1.807, 2.05) is 19.1 Å². The Bertz CT molecular complexity index is 671. The number of ether oxygens (including phenoxy) is 1. The molecule has 0 unspecified atom stereocenters. The molecule has 3 nitrogen and oxygen atoms in total. The van der Waals surface area contributed by atoms with Crippen molar-refractivity contribution in [1.82, 2.24) is 0 Å². The van der Waals surface area contributed by atoms with Gasteiger partial charge in [-0.05, 0) is 36.6 Å². The minimum atomic E-state index is -0.489. The molecule has 0 saturated heterocycles. The van der Waals surface area contributed by atoms with Crippen LogP contribution in [0, 0.1) is 0 Å². The maximum Gasteiger partial charge on any atom is 0.331 e. The second-order valence-corrected chi connectivity index (χ2v) is 5.47. The molecule has 0 bridgehead atoms. The largest absolute Gasteiger partial charge is 0.454 e. The number of carbonyl (C=O) groups is 2. The van der Waals surface area contributed by atoms with Crippen molar-refractivity contribution in [3.8, 4) is 0 Å². The minimum Gasteiger partial charge on any atom is -0.454 e. The quantitative estimate of drug-likeness (QED) is 0.466. The SMILES string of the molecule is C=CCC1=C(C)[C@H](OC(=O)/C=C\c2ccccc2Cl)CC1=O. The lowest BCUT2D eigenvalue weighted by atomic mass is 10.1. The molecule has 22 heavy (non-hydrogen) atoms. The van der Waals surface area contributed by atoms with E-state index >= 15 is 0 Å². The van der Waals surface area contributed by atoms with E-state index in [0.717, 1.165) is 11.1 Å². The van der Waals surface area contributed by atoms with Crippen LogP contribution in [-0.2, 0) is 14.3 Å². The van der Waals surface area contributed by atoms with Crippen LogP contribution in [0.3, 0.4) is 0 Å². The highest BCUT2D eigenvalue weighted by Gasteiger charge is 2.30.